The maximum Gasteiger partial charge on any atom is 0.436 e. The van der Waals surface area contributed by atoms with E-state index in [0.717, 1.165) is 17.1 Å². The smallest absolute Gasteiger partial charge is 0.313 e. The lowest BCUT2D eigenvalue weighted by molar-refractivity contribution is -0.142. The van der Waals surface area contributed by atoms with E-state index in [1.807, 2.05) is 0 Å². The number of aromatic nitrogens is 2. The van der Waals surface area contributed by atoms with Gasteiger partial charge in [-0.15, -0.1) is 0 Å². The standard InChI is InChI=1S/C13H8Cl2F3N3O2/c1-21-6-8(11(20-21)13(16,17)18)12(22)23-19-5-7-9(14)3-2-4-10(7)15/h2-6H,1H3/b19-5+. The summed E-state index contributed by atoms with van der Waals surface area (Å²) >= 11 is 11.7. The number of benzene rings is 1. The van der Waals surface area contributed by atoms with Gasteiger partial charge in [-0.05, 0) is 12.1 Å². The summed E-state index contributed by atoms with van der Waals surface area (Å²) in [6.45, 7) is 0. The highest BCUT2D eigenvalue weighted by atomic mass is 35.5. The lowest BCUT2D eigenvalue weighted by Crippen LogP contribution is -2.13. The molecule has 2 aromatic rings. The predicted octanol–water partition coefficient (Wildman–Crippen LogP) is 3.94. The van der Waals surface area contributed by atoms with Gasteiger partial charge in [0.25, 0.3) is 0 Å². The van der Waals surface area contributed by atoms with Crippen LogP contribution in [0.1, 0.15) is 21.6 Å². The fourth-order valence-corrected chi connectivity index (χ4v) is 2.15. The second kappa shape index (κ2) is 6.59. The van der Waals surface area contributed by atoms with E-state index in [2.05, 4.69) is 15.1 Å². The van der Waals surface area contributed by atoms with Crippen molar-refractivity contribution in [2.75, 3.05) is 0 Å². The molecule has 10 heteroatoms. The van der Waals surface area contributed by atoms with Crippen LogP contribution < -0.4 is 0 Å². The molecule has 0 radical (unpaired) electrons. The minimum absolute atomic E-state index is 0.245. The summed E-state index contributed by atoms with van der Waals surface area (Å²) in [6.07, 6.45) is -2.86. The largest absolute Gasteiger partial charge is 0.436 e. The zero-order valence-corrected chi connectivity index (χ0v) is 12.9. The van der Waals surface area contributed by atoms with Gasteiger partial charge in [-0.3, -0.25) is 4.68 Å². The highest BCUT2D eigenvalue weighted by molar-refractivity contribution is 6.38. The Hall–Kier alpha value is -2.06. The number of alkyl halides is 3. The Kier molecular flexibility index (Phi) is 4.96. The average Bonchev–Trinajstić information content (AvgIpc) is 2.84. The van der Waals surface area contributed by atoms with Gasteiger partial charge in [0.15, 0.2) is 5.69 Å². The summed E-state index contributed by atoms with van der Waals surface area (Å²) in [5.41, 5.74) is -1.83. The molecule has 0 aliphatic rings. The molecule has 23 heavy (non-hydrogen) atoms. The van der Waals surface area contributed by atoms with Crippen LogP contribution in [0.2, 0.25) is 10.0 Å². The number of carbonyl (C=O) groups is 1. The molecule has 0 atom stereocenters. The van der Waals surface area contributed by atoms with Crippen LogP contribution in [0.15, 0.2) is 29.6 Å². The fourth-order valence-electron chi connectivity index (χ4n) is 1.66. The van der Waals surface area contributed by atoms with Gasteiger partial charge in [0.2, 0.25) is 0 Å². The topological polar surface area (TPSA) is 56.5 Å². The first-order chi connectivity index (χ1) is 10.7. The molecule has 0 saturated carbocycles. The average molecular weight is 366 g/mol. The molecular weight excluding hydrogens is 358 g/mol. The maximum atomic E-state index is 12.8. The highest BCUT2D eigenvalue weighted by Crippen LogP contribution is 2.31. The number of aryl methyl sites for hydroxylation is 1. The number of halogens is 5. The number of carbonyl (C=O) groups excluding carboxylic acids is 1. The van der Waals surface area contributed by atoms with Gasteiger partial charge >= 0.3 is 12.1 Å². The number of hydrogen-bond donors (Lipinski definition) is 0. The van der Waals surface area contributed by atoms with Crippen molar-refractivity contribution in [1.82, 2.24) is 9.78 Å². The molecule has 1 aromatic heterocycles. The molecule has 0 aliphatic carbocycles. The van der Waals surface area contributed by atoms with Crippen LogP contribution in [0.3, 0.4) is 0 Å². The van der Waals surface area contributed by atoms with Gasteiger partial charge in [-0.1, -0.05) is 34.4 Å². The summed E-state index contributed by atoms with van der Waals surface area (Å²) in [5.74, 6) is -1.30. The first-order valence-electron chi connectivity index (χ1n) is 5.99. The Bertz CT molecular complexity index is 752. The Morgan fingerprint density at radius 2 is 1.96 bits per heavy atom. The van der Waals surface area contributed by atoms with E-state index in [0.29, 0.717) is 0 Å². The van der Waals surface area contributed by atoms with E-state index in [-0.39, 0.29) is 15.6 Å². The summed E-state index contributed by atoms with van der Waals surface area (Å²) in [6, 6.07) is 4.65. The molecular formula is C13H8Cl2F3N3O2. The van der Waals surface area contributed by atoms with E-state index in [1.165, 1.54) is 19.2 Å². The summed E-state index contributed by atoms with van der Waals surface area (Å²) in [5, 5.41) is 7.01. The third-order valence-corrected chi connectivity index (χ3v) is 3.29. The minimum Gasteiger partial charge on any atom is -0.313 e. The van der Waals surface area contributed by atoms with Crippen LogP contribution >= 0.6 is 23.2 Å². The molecule has 0 unspecified atom stereocenters. The monoisotopic (exact) mass is 365 g/mol. The fraction of sp³-hybridized carbons (Fsp3) is 0.154. The van der Waals surface area contributed by atoms with Gasteiger partial charge < -0.3 is 4.84 Å². The van der Waals surface area contributed by atoms with Crippen molar-refractivity contribution in [3.8, 4) is 0 Å². The Labute approximate surface area is 138 Å². The summed E-state index contributed by atoms with van der Waals surface area (Å²) in [4.78, 5) is 16.2. The van der Waals surface area contributed by atoms with Gasteiger partial charge in [-0.25, -0.2) is 4.79 Å². The third-order valence-electron chi connectivity index (χ3n) is 2.63. The second-order valence-electron chi connectivity index (χ2n) is 4.31. The number of nitrogens with zero attached hydrogens (tertiary/aromatic N) is 3. The molecule has 5 nitrogen and oxygen atoms in total. The normalized spacial score (nSPS) is 11.9. The molecule has 0 saturated heterocycles. The molecule has 2 rings (SSSR count). The highest BCUT2D eigenvalue weighted by Gasteiger charge is 2.39. The predicted molar refractivity (Wildman–Crippen MR) is 77.7 cm³/mol. The molecule has 0 spiro atoms. The molecule has 0 amide bonds. The quantitative estimate of drug-likeness (QED) is 0.470. The van der Waals surface area contributed by atoms with Crippen molar-refractivity contribution in [3.05, 3.63) is 51.3 Å². The van der Waals surface area contributed by atoms with Crippen LogP contribution in [0.4, 0.5) is 13.2 Å². The van der Waals surface area contributed by atoms with Crippen LogP contribution in [0.5, 0.6) is 0 Å². The Morgan fingerprint density at radius 3 is 2.52 bits per heavy atom. The van der Waals surface area contributed by atoms with Crippen LogP contribution in [0.25, 0.3) is 0 Å². The van der Waals surface area contributed by atoms with Crippen LogP contribution in [0, 0.1) is 0 Å². The van der Waals surface area contributed by atoms with Crippen molar-refractivity contribution >= 4 is 35.4 Å². The lowest BCUT2D eigenvalue weighted by Gasteiger charge is -2.04. The molecule has 0 N–H and O–H groups in total. The van der Waals surface area contributed by atoms with E-state index < -0.39 is 23.4 Å². The van der Waals surface area contributed by atoms with E-state index in [9.17, 15) is 18.0 Å². The van der Waals surface area contributed by atoms with E-state index in [4.69, 9.17) is 23.2 Å². The van der Waals surface area contributed by atoms with E-state index in [1.54, 1.807) is 6.07 Å². The SMILES string of the molecule is Cn1cc(C(=O)O/N=C/c2c(Cl)cccc2Cl)c(C(F)(F)F)n1. The van der Waals surface area contributed by atoms with Crippen molar-refractivity contribution < 1.29 is 22.8 Å². The van der Waals surface area contributed by atoms with Crippen LogP contribution in [-0.2, 0) is 18.1 Å². The number of hydrogen-bond acceptors (Lipinski definition) is 4. The van der Waals surface area contributed by atoms with Gasteiger partial charge in [0.1, 0.15) is 5.56 Å². The minimum atomic E-state index is -4.79. The molecule has 0 bridgehead atoms. The van der Waals surface area contributed by atoms with E-state index >= 15 is 0 Å². The maximum absolute atomic E-state index is 12.8. The lowest BCUT2D eigenvalue weighted by atomic mass is 10.2. The zero-order chi connectivity index (χ0) is 17.2. The summed E-state index contributed by atoms with van der Waals surface area (Å²) in [7, 11) is 1.25. The third kappa shape index (κ3) is 4.02. The zero-order valence-electron chi connectivity index (χ0n) is 11.4. The van der Waals surface area contributed by atoms with Crippen molar-refractivity contribution in [2.24, 2.45) is 12.2 Å². The van der Waals surface area contributed by atoms with Gasteiger partial charge in [0, 0.05) is 18.8 Å². The second-order valence-corrected chi connectivity index (χ2v) is 5.13. The van der Waals surface area contributed by atoms with Crippen molar-refractivity contribution in [2.45, 2.75) is 6.18 Å². The van der Waals surface area contributed by atoms with Crippen molar-refractivity contribution in [3.63, 3.8) is 0 Å². The first kappa shape index (κ1) is 17.3. The van der Waals surface area contributed by atoms with Gasteiger partial charge in [0.05, 0.1) is 16.3 Å². The van der Waals surface area contributed by atoms with Gasteiger partial charge in [-0.2, -0.15) is 18.3 Å². The number of oxime groups is 1. The number of rotatable bonds is 3. The first-order valence-corrected chi connectivity index (χ1v) is 6.75. The molecule has 122 valence electrons. The summed E-state index contributed by atoms with van der Waals surface area (Å²) < 4.78 is 39.1. The molecule has 0 aliphatic heterocycles. The Balaban J connectivity index is 2.19. The van der Waals surface area contributed by atoms with Crippen molar-refractivity contribution in [1.29, 1.82) is 0 Å². The Morgan fingerprint density at radius 1 is 1.35 bits per heavy atom. The van der Waals surface area contributed by atoms with Crippen LogP contribution in [-0.4, -0.2) is 22.0 Å². The molecule has 0 fully saturated rings. The molecule has 1 aromatic carbocycles. The molecule has 1 heterocycles.